The summed E-state index contributed by atoms with van der Waals surface area (Å²) in [5.74, 6) is -0.383. The second kappa shape index (κ2) is 9.41. The second-order valence-electron chi connectivity index (χ2n) is 10.4. The van der Waals surface area contributed by atoms with E-state index in [1.807, 2.05) is 37.8 Å². The Morgan fingerprint density at radius 3 is 2.49 bits per heavy atom. The molecule has 1 fully saturated rings. The molecule has 0 bridgehead atoms. The summed E-state index contributed by atoms with van der Waals surface area (Å²) in [6.45, 7) is 8.15. The summed E-state index contributed by atoms with van der Waals surface area (Å²) in [6, 6.07) is 7.67. The lowest BCUT2D eigenvalue weighted by Crippen LogP contribution is -2.50. The van der Waals surface area contributed by atoms with Gasteiger partial charge in [-0.15, -0.1) is 0 Å². The number of ether oxygens (including phenoxy) is 1. The smallest absolute Gasteiger partial charge is 0.364 e. The molecule has 1 aliphatic rings. The molecule has 1 atom stereocenters. The van der Waals surface area contributed by atoms with Crippen LogP contribution in [0.3, 0.4) is 0 Å². The van der Waals surface area contributed by atoms with Crippen LogP contribution in [0.1, 0.15) is 42.6 Å². The van der Waals surface area contributed by atoms with Crippen molar-refractivity contribution in [3.63, 3.8) is 0 Å². The lowest BCUT2D eigenvalue weighted by atomic mass is 10.0. The van der Waals surface area contributed by atoms with E-state index in [1.165, 1.54) is 4.57 Å². The highest BCUT2D eigenvalue weighted by molar-refractivity contribution is 5.93. The number of morpholine rings is 1. The van der Waals surface area contributed by atoms with Crippen LogP contribution in [-0.4, -0.2) is 38.2 Å². The van der Waals surface area contributed by atoms with E-state index in [9.17, 15) is 18.0 Å². The molecule has 0 saturated carbocycles. The van der Waals surface area contributed by atoms with Gasteiger partial charge >= 0.3 is 6.18 Å². The first-order valence-corrected chi connectivity index (χ1v) is 12.3. The van der Waals surface area contributed by atoms with E-state index in [0.29, 0.717) is 30.8 Å². The van der Waals surface area contributed by atoms with Crippen LogP contribution in [0.4, 0.5) is 23.4 Å². The summed E-state index contributed by atoms with van der Waals surface area (Å²) in [7, 11) is 1.57. The highest BCUT2D eigenvalue weighted by Gasteiger charge is 2.36. The summed E-state index contributed by atoms with van der Waals surface area (Å²) in [6.07, 6.45) is -3.35. The fraction of sp³-hybridized carbons (Fsp3) is 0.357. The van der Waals surface area contributed by atoms with Crippen LogP contribution in [0.5, 0.6) is 0 Å². The number of halogens is 4. The highest BCUT2D eigenvalue weighted by Crippen LogP contribution is 2.37. The van der Waals surface area contributed by atoms with Gasteiger partial charge in [0.1, 0.15) is 34.8 Å². The molecule has 39 heavy (non-hydrogen) atoms. The molecule has 1 saturated heterocycles. The molecule has 0 radical (unpaired) electrons. The van der Waals surface area contributed by atoms with Crippen molar-refractivity contribution in [2.24, 2.45) is 7.05 Å². The molecule has 5 rings (SSSR count). The van der Waals surface area contributed by atoms with Crippen molar-refractivity contribution in [1.82, 2.24) is 19.5 Å². The molecule has 204 valence electrons. The van der Waals surface area contributed by atoms with Gasteiger partial charge < -0.3 is 9.64 Å². The van der Waals surface area contributed by atoms with Gasteiger partial charge in [-0.05, 0) is 69.7 Å². The Balaban J connectivity index is 1.70. The molecule has 4 aromatic rings. The minimum absolute atomic E-state index is 0.00451. The van der Waals surface area contributed by atoms with Crippen molar-refractivity contribution in [1.29, 1.82) is 0 Å². The van der Waals surface area contributed by atoms with Gasteiger partial charge in [-0.25, -0.2) is 14.4 Å². The zero-order valence-electron chi connectivity index (χ0n) is 22.1. The number of benzene rings is 1. The Morgan fingerprint density at radius 1 is 1.08 bits per heavy atom. The second-order valence-corrected chi connectivity index (χ2v) is 10.4. The van der Waals surface area contributed by atoms with Crippen molar-refractivity contribution < 1.29 is 22.3 Å². The monoisotopic (exact) mass is 541 g/mol. The molecule has 11 heteroatoms. The molecule has 1 aliphatic heterocycles. The fourth-order valence-electron chi connectivity index (χ4n) is 4.90. The lowest BCUT2D eigenvalue weighted by molar-refractivity contribution is -0.137. The first kappa shape index (κ1) is 26.7. The van der Waals surface area contributed by atoms with Gasteiger partial charge in [-0.3, -0.25) is 14.3 Å². The van der Waals surface area contributed by atoms with Gasteiger partial charge in [-0.1, -0.05) is 0 Å². The van der Waals surface area contributed by atoms with Crippen LogP contribution in [0, 0.1) is 19.7 Å². The quantitative estimate of drug-likeness (QED) is 0.318. The van der Waals surface area contributed by atoms with E-state index < -0.39 is 23.2 Å². The first-order chi connectivity index (χ1) is 18.2. The van der Waals surface area contributed by atoms with Gasteiger partial charge in [0.2, 0.25) is 0 Å². The van der Waals surface area contributed by atoms with Gasteiger partial charge in [0.05, 0.1) is 16.6 Å². The van der Waals surface area contributed by atoms with Gasteiger partial charge in [0, 0.05) is 37.6 Å². The summed E-state index contributed by atoms with van der Waals surface area (Å²) >= 11 is 0. The lowest BCUT2D eigenvalue weighted by Gasteiger charge is -2.43. The average molecular weight is 542 g/mol. The molecular weight excluding hydrogens is 514 g/mol. The molecule has 3 aromatic heterocycles. The normalized spacial score (nSPS) is 17.6. The number of hydrogen-bond acceptors (Lipinski definition) is 6. The number of pyridine rings is 2. The van der Waals surface area contributed by atoms with Gasteiger partial charge in [0.15, 0.2) is 0 Å². The molecular formula is C28H27F4N5O2. The van der Waals surface area contributed by atoms with Crippen molar-refractivity contribution in [2.45, 2.75) is 45.6 Å². The Morgan fingerprint density at radius 2 is 1.82 bits per heavy atom. The van der Waals surface area contributed by atoms with Crippen LogP contribution in [0.2, 0.25) is 0 Å². The third kappa shape index (κ3) is 5.10. The Kier molecular flexibility index (Phi) is 6.45. The van der Waals surface area contributed by atoms with Crippen molar-refractivity contribution in [3.8, 4) is 11.3 Å². The SMILES string of the molecule is Cc1cc([C@@H]2CN(c3cc4c(=O)n(C)c(C)nc4c(-c4ccc(C(F)(F)F)cc4F)n3)CC(C)(C)O2)ccn1. The minimum Gasteiger partial charge on any atom is -0.364 e. The summed E-state index contributed by atoms with van der Waals surface area (Å²) in [5.41, 5.74) is -0.417. The molecule has 0 amide bonds. The maximum Gasteiger partial charge on any atom is 0.416 e. The average Bonchev–Trinajstić information content (AvgIpc) is 2.85. The standard InChI is InChI=1S/C28H27F4N5O2/c1-15-10-17(8-9-33-15)22-13-37(14-27(3,4)39-22)23-12-20-25(34-16(2)36(5)26(20)38)24(35-23)19-7-6-18(11-21(19)29)28(30,31)32/h6-12,22H,13-14H2,1-5H3/t22-/m0/s1. The van der Waals surface area contributed by atoms with E-state index in [2.05, 4.69) is 9.97 Å². The van der Waals surface area contributed by atoms with Crippen molar-refractivity contribution in [2.75, 3.05) is 18.0 Å². The highest BCUT2D eigenvalue weighted by atomic mass is 19.4. The Bertz CT molecular complexity index is 1650. The zero-order valence-corrected chi connectivity index (χ0v) is 22.1. The van der Waals surface area contributed by atoms with Crippen LogP contribution in [-0.2, 0) is 18.0 Å². The number of fused-ring (bicyclic) bond motifs is 1. The number of alkyl halides is 3. The van der Waals surface area contributed by atoms with Crippen molar-refractivity contribution >= 4 is 16.7 Å². The van der Waals surface area contributed by atoms with Crippen molar-refractivity contribution in [3.05, 3.63) is 81.4 Å². The summed E-state index contributed by atoms with van der Waals surface area (Å²) < 4.78 is 62.6. The zero-order chi connectivity index (χ0) is 28.3. The number of rotatable bonds is 3. The molecule has 4 heterocycles. The summed E-state index contributed by atoms with van der Waals surface area (Å²) in [5, 5.41) is 0.183. The van der Waals surface area contributed by atoms with Crippen LogP contribution in [0.25, 0.3) is 22.2 Å². The Hall–Kier alpha value is -3.86. The van der Waals surface area contributed by atoms with Crippen LogP contribution < -0.4 is 10.5 Å². The fourth-order valence-corrected chi connectivity index (χ4v) is 4.90. The van der Waals surface area contributed by atoms with E-state index >= 15 is 4.39 Å². The first-order valence-electron chi connectivity index (χ1n) is 12.3. The number of hydrogen-bond donors (Lipinski definition) is 0. The van der Waals surface area contributed by atoms with Gasteiger partial charge in [0.25, 0.3) is 5.56 Å². The topological polar surface area (TPSA) is 73.1 Å². The third-order valence-electron chi connectivity index (χ3n) is 6.86. The number of aryl methyl sites for hydroxylation is 2. The third-order valence-corrected chi connectivity index (χ3v) is 6.86. The minimum atomic E-state index is -4.71. The number of aromatic nitrogens is 4. The van der Waals surface area contributed by atoms with E-state index in [-0.39, 0.29) is 33.8 Å². The largest absolute Gasteiger partial charge is 0.416 e. The predicted octanol–water partition coefficient (Wildman–Crippen LogP) is 5.52. The van der Waals surface area contributed by atoms with E-state index in [4.69, 9.17) is 9.72 Å². The maximum absolute atomic E-state index is 15.2. The van der Waals surface area contributed by atoms with E-state index in [1.54, 1.807) is 26.2 Å². The van der Waals surface area contributed by atoms with E-state index in [0.717, 1.165) is 23.4 Å². The maximum atomic E-state index is 15.2. The van der Waals surface area contributed by atoms with Crippen LogP contribution >= 0.6 is 0 Å². The predicted molar refractivity (Wildman–Crippen MR) is 139 cm³/mol. The molecule has 0 spiro atoms. The molecule has 0 aliphatic carbocycles. The number of nitrogens with zero attached hydrogens (tertiary/aromatic N) is 5. The Labute approximate surface area is 222 Å². The molecule has 0 unspecified atom stereocenters. The van der Waals surface area contributed by atoms with Gasteiger partial charge in [-0.2, -0.15) is 13.2 Å². The molecule has 7 nitrogen and oxygen atoms in total. The number of anilines is 1. The summed E-state index contributed by atoms with van der Waals surface area (Å²) in [4.78, 5) is 28.7. The van der Waals surface area contributed by atoms with Crippen LogP contribution in [0.15, 0.2) is 47.4 Å². The molecule has 0 N–H and O–H groups in total. The molecule has 1 aromatic carbocycles.